The average molecular weight is 212 g/mol. The number of hydrogen-bond acceptors (Lipinski definition) is 0. The van der Waals surface area contributed by atoms with Crippen LogP contribution >= 0.6 is 0 Å². The molecule has 0 atom stereocenters. The van der Waals surface area contributed by atoms with Crippen LogP contribution in [0.3, 0.4) is 0 Å². The Morgan fingerprint density at radius 2 is 1.64 bits per heavy atom. The van der Waals surface area contributed by atoms with Crippen LogP contribution in [0.25, 0.3) is 0 Å². The Morgan fingerprint density at radius 1 is 1.07 bits per heavy atom. The summed E-state index contributed by atoms with van der Waals surface area (Å²) in [4.78, 5) is 0. The molecule has 0 aromatic carbocycles. The summed E-state index contributed by atoms with van der Waals surface area (Å²) in [6.45, 7) is 14.3. The minimum Gasteiger partial charge on any atom is -0.0981 e. The lowest BCUT2D eigenvalue weighted by molar-refractivity contribution is 0.722. The molecular weight excluding hydrogens is 184 g/mol. The third-order valence-electron chi connectivity index (χ3n) is 3.44. The number of hydrogen-bond donors (Lipinski definition) is 0. The van der Waals surface area contributed by atoms with Gasteiger partial charge in [0.05, 0.1) is 8.07 Å². The first-order valence-corrected chi connectivity index (χ1v) is 9.06. The Labute approximate surface area is 91.8 Å². The highest BCUT2D eigenvalue weighted by Crippen LogP contribution is 2.36. The second-order valence-corrected chi connectivity index (χ2v) is 11.1. The second kappa shape index (κ2) is 5.74. The van der Waals surface area contributed by atoms with E-state index in [1.165, 1.54) is 25.7 Å². The molecule has 0 aliphatic carbocycles. The summed E-state index contributed by atoms with van der Waals surface area (Å²) < 4.78 is 0. The van der Waals surface area contributed by atoms with E-state index in [0.717, 1.165) is 0 Å². The Kier molecular flexibility index (Phi) is 5.73. The zero-order valence-electron chi connectivity index (χ0n) is 11.0. The molecule has 0 saturated carbocycles. The first kappa shape index (κ1) is 14.0. The topological polar surface area (TPSA) is 0 Å². The van der Waals surface area contributed by atoms with Gasteiger partial charge in [-0.2, -0.15) is 0 Å². The van der Waals surface area contributed by atoms with E-state index in [1.54, 1.807) is 0 Å². The Hall–Kier alpha value is -0.0431. The molecule has 0 fully saturated rings. The third kappa shape index (κ3) is 4.99. The molecule has 0 nitrogen and oxygen atoms in total. The largest absolute Gasteiger partial charge is 0.0981 e. The van der Waals surface area contributed by atoms with Crippen LogP contribution in [0.15, 0.2) is 11.8 Å². The Bertz CT molecular complexity index is 172. The van der Waals surface area contributed by atoms with Crippen molar-refractivity contribution in [3.8, 4) is 0 Å². The molecule has 0 amide bonds. The summed E-state index contributed by atoms with van der Waals surface area (Å²) in [5.41, 5.74) is 2.53. The number of allylic oxidation sites excluding steroid dienone is 1. The van der Waals surface area contributed by atoms with E-state index in [1.807, 2.05) is 0 Å². The van der Waals surface area contributed by atoms with Crippen molar-refractivity contribution < 1.29 is 0 Å². The summed E-state index contributed by atoms with van der Waals surface area (Å²) in [6.07, 6.45) is 7.77. The van der Waals surface area contributed by atoms with Gasteiger partial charge in [0.15, 0.2) is 0 Å². The van der Waals surface area contributed by atoms with Gasteiger partial charge in [-0.3, -0.25) is 0 Å². The van der Waals surface area contributed by atoms with Crippen molar-refractivity contribution in [2.24, 2.45) is 0 Å². The van der Waals surface area contributed by atoms with Crippen LogP contribution in [0, 0.1) is 0 Å². The van der Waals surface area contributed by atoms with E-state index in [4.69, 9.17) is 0 Å². The number of rotatable bonds is 5. The minimum absolute atomic E-state index is 0.494. The predicted molar refractivity (Wildman–Crippen MR) is 70.5 cm³/mol. The van der Waals surface area contributed by atoms with Crippen molar-refractivity contribution in [2.45, 2.75) is 71.5 Å². The first-order valence-electron chi connectivity index (χ1n) is 5.99. The molecule has 84 valence electrons. The third-order valence-corrected chi connectivity index (χ3v) is 8.38. The molecule has 0 aromatic heterocycles. The van der Waals surface area contributed by atoms with E-state index < -0.39 is 8.07 Å². The smallest absolute Gasteiger partial charge is 0.0766 e. The second-order valence-electron chi connectivity index (χ2n) is 5.87. The molecule has 0 saturated heterocycles. The Morgan fingerprint density at radius 3 is 2.07 bits per heavy atom. The van der Waals surface area contributed by atoms with E-state index in [0.29, 0.717) is 5.04 Å². The summed E-state index contributed by atoms with van der Waals surface area (Å²) in [6, 6.07) is 0. The molecule has 0 bridgehead atoms. The molecule has 0 aromatic rings. The molecule has 0 radical (unpaired) electrons. The van der Waals surface area contributed by atoms with Gasteiger partial charge in [-0.05, 0) is 17.9 Å². The monoisotopic (exact) mass is 212 g/mol. The van der Waals surface area contributed by atoms with Gasteiger partial charge < -0.3 is 0 Å². The quantitative estimate of drug-likeness (QED) is 0.435. The Balaban J connectivity index is 3.97. The van der Waals surface area contributed by atoms with Crippen LogP contribution < -0.4 is 0 Å². The zero-order valence-corrected chi connectivity index (χ0v) is 12.0. The maximum Gasteiger partial charge on any atom is 0.0766 e. The van der Waals surface area contributed by atoms with Gasteiger partial charge >= 0.3 is 0 Å². The molecule has 0 rings (SSSR count). The maximum atomic E-state index is 2.53. The van der Waals surface area contributed by atoms with Crippen LogP contribution in [0.4, 0.5) is 0 Å². The maximum absolute atomic E-state index is 2.53. The van der Waals surface area contributed by atoms with Gasteiger partial charge in [0.25, 0.3) is 0 Å². The first-order chi connectivity index (χ1) is 6.31. The zero-order chi connectivity index (χ0) is 11.2. The molecule has 0 aliphatic rings. The van der Waals surface area contributed by atoms with Crippen molar-refractivity contribution in [3.63, 3.8) is 0 Å². The molecule has 0 unspecified atom stereocenters. The SMILES string of the molecule is CCCCC/C=C\[Si](C)(C)C(C)(C)C. The van der Waals surface area contributed by atoms with E-state index in [-0.39, 0.29) is 0 Å². The van der Waals surface area contributed by atoms with E-state index in [2.05, 4.69) is 52.6 Å². The standard InChI is InChI=1S/C13H28Si/c1-7-8-9-10-11-12-14(5,6)13(2,3)4/h11-12H,7-10H2,1-6H3/b12-11-. The van der Waals surface area contributed by atoms with Gasteiger partial charge in [-0.15, -0.1) is 0 Å². The molecule has 0 N–H and O–H groups in total. The lowest BCUT2D eigenvalue weighted by Crippen LogP contribution is -2.34. The summed E-state index contributed by atoms with van der Waals surface area (Å²) in [5.74, 6) is 0. The fourth-order valence-corrected chi connectivity index (χ4v) is 2.40. The lowest BCUT2D eigenvalue weighted by Gasteiger charge is -2.34. The molecule has 1 heteroatoms. The van der Waals surface area contributed by atoms with Crippen molar-refractivity contribution in [3.05, 3.63) is 11.8 Å². The molecule has 14 heavy (non-hydrogen) atoms. The van der Waals surface area contributed by atoms with E-state index in [9.17, 15) is 0 Å². The molecule has 0 spiro atoms. The fraction of sp³-hybridized carbons (Fsp3) is 0.846. The molecular formula is C13H28Si. The van der Waals surface area contributed by atoms with Crippen molar-refractivity contribution >= 4 is 8.07 Å². The van der Waals surface area contributed by atoms with Gasteiger partial charge in [0, 0.05) is 0 Å². The highest BCUT2D eigenvalue weighted by Gasteiger charge is 2.31. The van der Waals surface area contributed by atoms with E-state index >= 15 is 0 Å². The molecule has 0 aliphatic heterocycles. The van der Waals surface area contributed by atoms with Crippen molar-refractivity contribution in [1.82, 2.24) is 0 Å². The normalized spacial score (nSPS) is 13.9. The number of unbranched alkanes of at least 4 members (excludes halogenated alkanes) is 3. The van der Waals surface area contributed by atoms with Crippen LogP contribution in [0.1, 0.15) is 53.4 Å². The van der Waals surface area contributed by atoms with Crippen LogP contribution in [-0.4, -0.2) is 8.07 Å². The van der Waals surface area contributed by atoms with Crippen LogP contribution in [-0.2, 0) is 0 Å². The minimum atomic E-state index is -1.15. The van der Waals surface area contributed by atoms with Crippen LogP contribution in [0.5, 0.6) is 0 Å². The highest BCUT2D eigenvalue weighted by molar-refractivity contribution is 6.84. The van der Waals surface area contributed by atoms with Gasteiger partial charge in [-0.1, -0.05) is 65.4 Å². The van der Waals surface area contributed by atoms with Gasteiger partial charge in [-0.25, -0.2) is 0 Å². The lowest BCUT2D eigenvalue weighted by atomic mass is 10.2. The van der Waals surface area contributed by atoms with Crippen molar-refractivity contribution in [1.29, 1.82) is 0 Å². The highest BCUT2D eigenvalue weighted by atomic mass is 28.3. The molecule has 0 heterocycles. The average Bonchev–Trinajstić information content (AvgIpc) is 2.02. The summed E-state index contributed by atoms with van der Waals surface area (Å²) >= 11 is 0. The summed E-state index contributed by atoms with van der Waals surface area (Å²) in [5, 5.41) is 0.494. The van der Waals surface area contributed by atoms with Gasteiger partial charge in [0.2, 0.25) is 0 Å². The fourth-order valence-electron chi connectivity index (χ4n) is 1.14. The van der Waals surface area contributed by atoms with Crippen molar-refractivity contribution in [2.75, 3.05) is 0 Å². The predicted octanol–water partition coefficient (Wildman–Crippen LogP) is 5.17. The van der Waals surface area contributed by atoms with Crippen LogP contribution in [0.2, 0.25) is 18.1 Å². The van der Waals surface area contributed by atoms with Gasteiger partial charge in [0.1, 0.15) is 0 Å². The summed E-state index contributed by atoms with van der Waals surface area (Å²) in [7, 11) is -1.15.